The van der Waals surface area contributed by atoms with Crippen molar-refractivity contribution < 1.29 is 44.3 Å². The summed E-state index contributed by atoms with van der Waals surface area (Å²) < 4.78 is 5.34. The summed E-state index contributed by atoms with van der Waals surface area (Å²) in [6.07, 6.45) is 4.10. The molecule has 0 amide bonds. The number of rotatable bonds is 11. The Morgan fingerprint density at radius 3 is 1.60 bits per heavy atom. The van der Waals surface area contributed by atoms with Crippen molar-refractivity contribution in [3.63, 3.8) is 0 Å². The Hall–Kier alpha value is -3.44. The van der Waals surface area contributed by atoms with E-state index in [0.29, 0.717) is 6.61 Å². The number of para-hydroxylation sites is 1. The van der Waals surface area contributed by atoms with E-state index in [1.165, 1.54) is 5.56 Å². The number of carbonyl (C=O) groups is 4. The molecule has 1 aromatic carbocycles. The first-order valence-electron chi connectivity index (χ1n) is 8.87. The fraction of sp³-hybridized carbons (Fsp3) is 0.368. The average molecular weight is 424 g/mol. The van der Waals surface area contributed by atoms with Gasteiger partial charge in [0.15, 0.2) is 0 Å². The number of fused-ring (bicyclic) bond motifs is 1. The molecule has 0 bridgehead atoms. The van der Waals surface area contributed by atoms with E-state index in [0.717, 1.165) is 15.5 Å². The molecule has 0 radical (unpaired) electrons. The predicted octanol–water partition coefficient (Wildman–Crippen LogP) is 0.0210. The van der Waals surface area contributed by atoms with Crippen LogP contribution in [0.5, 0.6) is 5.75 Å². The number of carboxylic acids is 4. The summed E-state index contributed by atoms with van der Waals surface area (Å²) in [5.74, 6) is -3.92. The highest BCUT2D eigenvalue weighted by Gasteiger charge is 2.18. The van der Waals surface area contributed by atoms with Crippen molar-refractivity contribution in [1.82, 2.24) is 9.80 Å². The first-order chi connectivity index (χ1) is 14.2. The van der Waals surface area contributed by atoms with E-state index >= 15 is 0 Å². The normalized spacial score (nSPS) is 11.8. The molecule has 0 saturated carbocycles. The fourth-order valence-electron chi connectivity index (χ4n) is 2.54. The van der Waals surface area contributed by atoms with Gasteiger partial charge in [-0.1, -0.05) is 24.3 Å². The average Bonchev–Trinajstić information content (AvgIpc) is 2.65. The molecule has 1 aromatic rings. The molecule has 4 N–H and O–H groups in total. The zero-order chi connectivity index (χ0) is 22.5. The summed E-state index contributed by atoms with van der Waals surface area (Å²) in [5, 5.41) is 34.5. The molecule has 11 nitrogen and oxygen atoms in total. The van der Waals surface area contributed by atoms with Crippen molar-refractivity contribution in [1.29, 1.82) is 0 Å². The van der Waals surface area contributed by atoms with Crippen molar-refractivity contribution >= 4 is 30.0 Å². The van der Waals surface area contributed by atoms with Crippen molar-refractivity contribution in [2.45, 2.75) is 0 Å². The highest BCUT2D eigenvalue weighted by atomic mass is 16.5. The molecule has 1 aliphatic heterocycles. The molecular weight excluding hydrogens is 400 g/mol. The van der Waals surface area contributed by atoms with Gasteiger partial charge in [0, 0.05) is 18.7 Å². The molecular formula is C19H24N2O9. The van der Waals surface area contributed by atoms with Gasteiger partial charge in [-0.3, -0.25) is 29.0 Å². The highest BCUT2D eigenvalue weighted by molar-refractivity contribution is 5.73. The summed E-state index contributed by atoms with van der Waals surface area (Å²) >= 11 is 0. The highest BCUT2D eigenvalue weighted by Crippen LogP contribution is 2.21. The quantitative estimate of drug-likeness (QED) is 0.378. The van der Waals surface area contributed by atoms with Crippen molar-refractivity contribution in [3.05, 3.63) is 35.9 Å². The molecule has 1 heterocycles. The zero-order valence-corrected chi connectivity index (χ0v) is 16.1. The molecule has 0 saturated heterocycles. The van der Waals surface area contributed by atoms with Gasteiger partial charge in [0.05, 0.1) is 26.2 Å². The van der Waals surface area contributed by atoms with Crippen LogP contribution in [0.25, 0.3) is 6.08 Å². The lowest BCUT2D eigenvalue weighted by Gasteiger charge is -2.23. The van der Waals surface area contributed by atoms with E-state index in [9.17, 15) is 19.2 Å². The van der Waals surface area contributed by atoms with Crippen LogP contribution in [0, 0.1) is 0 Å². The maximum atomic E-state index is 10.6. The lowest BCUT2D eigenvalue weighted by Crippen LogP contribution is -2.43. The molecule has 0 spiro atoms. The minimum Gasteiger partial charge on any atom is -0.489 e. The number of hydrogen-bond donors (Lipinski definition) is 4. The number of aliphatic carboxylic acids is 4. The van der Waals surface area contributed by atoms with E-state index in [4.69, 9.17) is 25.2 Å². The van der Waals surface area contributed by atoms with E-state index in [2.05, 4.69) is 6.08 Å². The summed E-state index contributed by atoms with van der Waals surface area (Å²) in [5.41, 5.74) is 1.17. The number of benzene rings is 1. The zero-order valence-electron chi connectivity index (χ0n) is 16.1. The van der Waals surface area contributed by atoms with Gasteiger partial charge >= 0.3 is 23.9 Å². The molecule has 0 aliphatic carbocycles. The van der Waals surface area contributed by atoms with Gasteiger partial charge in [-0.05, 0) is 12.1 Å². The predicted molar refractivity (Wildman–Crippen MR) is 104 cm³/mol. The van der Waals surface area contributed by atoms with Gasteiger partial charge in [-0.2, -0.15) is 0 Å². The Morgan fingerprint density at radius 2 is 1.20 bits per heavy atom. The Morgan fingerprint density at radius 1 is 0.767 bits per heavy atom. The lowest BCUT2D eigenvalue weighted by atomic mass is 10.1. The smallest absolute Gasteiger partial charge is 0.317 e. The van der Waals surface area contributed by atoms with Gasteiger partial charge in [-0.25, -0.2) is 0 Å². The fourth-order valence-corrected chi connectivity index (χ4v) is 2.54. The van der Waals surface area contributed by atoms with E-state index in [1.807, 2.05) is 30.3 Å². The van der Waals surface area contributed by atoms with Crippen molar-refractivity contribution in [2.24, 2.45) is 0 Å². The largest absolute Gasteiger partial charge is 0.489 e. The molecule has 11 heteroatoms. The Balaban J connectivity index is 0.000000367. The number of carboxylic acid groups (broad SMARTS) is 4. The Bertz CT molecular complexity index is 711. The van der Waals surface area contributed by atoms with Gasteiger partial charge in [0.25, 0.3) is 0 Å². The maximum absolute atomic E-state index is 10.6. The number of nitrogens with zero attached hydrogens (tertiary/aromatic N) is 2. The second-order valence-electron chi connectivity index (χ2n) is 6.25. The van der Waals surface area contributed by atoms with Crippen LogP contribution in [0.3, 0.4) is 0 Å². The SMILES string of the molecule is C1=Cc2ccccc2OC1.O=C(O)CN(CCN(CC(=O)O)CC(=O)O)CC(=O)O. The second kappa shape index (κ2) is 12.9. The number of hydrogen-bond acceptors (Lipinski definition) is 7. The summed E-state index contributed by atoms with van der Waals surface area (Å²) in [6, 6.07) is 8.03. The van der Waals surface area contributed by atoms with Crippen LogP contribution in [-0.2, 0) is 19.2 Å². The molecule has 0 atom stereocenters. The Labute approximate surface area is 172 Å². The van der Waals surface area contributed by atoms with E-state index < -0.39 is 50.1 Å². The Kier molecular flexibility index (Phi) is 10.6. The van der Waals surface area contributed by atoms with Gasteiger partial charge < -0.3 is 25.2 Å². The van der Waals surface area contributed by atoms with Crippen LogP contribution in [0.15, 0.2) is 30.3 Å². The number of ether oxygens (including phenoxy) is 1. The summed E-state index contributed by atoms with van der Waals surface area (Å²) in [4.78, 5) is 44.4. The van der Waals surface area contributed by atoms with E-state index in [-0.39, 0.29) is 13.1 Å². The van der Waals surface area contributed by atoms with Crippen LogP contribution < -0.4 is 4.74 Å². The van der Waals surface area contributed by atoms with Crippen LogP contribution >= 0.6 is 0 Å². The van der Waals surface area contributed by atoms with Crippen molar-refractivity contribution in [2.75, 3.05) is 45.9 Å². The second-order valence-corrected chi connectivity index (χ2v) is 6.25. The molecule has 0 aromatic heterocycles. The van der Waals surface area contributed by atoms with Crippen LogP contribution in [0.2, 0.25) is 0 Å². The topological polar surface area (TPSA) is 165 Å². The first-order valence-corrected chi connectivity index (χ1v) is 8.87. The third-order valence-corrected chi connectivity index (χ3v) is 3.72. The molecule has 2 rings (SSSR count). The van der Waals surface area contributed by atoms with Gasteiger partial charge in [0.1, 0.15) is 12.4 Å². The van der Waals surface area contributed by atoms with Crippen LogP contribution in [0.4, 0.5) is 0 Å². The first kappa shape index (κ1) is 24.6. The maximum Gasteiger partial charge on any atom is 0.317 e. The standard InChI is InChI=1S/C10H16N2O8.C9H8O/c13-7(14)3-11(4-8(15)16)1-2-12(5-9(17)18)6-10(19)20;1-2-6-9-8(4-1)5-3-7-10-9/h1-6H2,(H,13,14)(H,15,16)(H,17,18)(H,19,20);1-6H,7H2. The third-order valence-electron chi connectivity index (χ3n) is 3.72. The minimum absolute atomic E-state index is 0.0703. The molecule has 1 aliphatic rings. The summed E-state index contributed by atoms with van der Waals surface area (Å²) in [7, 11) is 0. The van der Waals surface area contributed by atoms with Crippen LogP contribution in [0.1, 0.15) is 5.56 Å². The monoisotopic (exact) mass is 424 g/mol. The third kappa shape index (κ3) is 10.8. The minimum atomic E-state index is -1.23. The lowest BCUT2D eigenvalue weighted by molar-refractivity contribution is -0.145. The molecule has 0 fully saturated rings. The molecule has 164 valence electrons. The molecule has 0 unspecified atom stereocenters. The van der Waals surface area contributed by atoms with Crippen molar-refractivity contribution in [3.8, 4) is 5.75 Å². The van der Waals surface area contributed by atoms with Gasteiger partial charge in [0.2, 0.25) is 0 Å². The molecule has 30 heavy (non-hydrogen) atoms. The van der Waals surface area contributed by atoms with Crippen LogP contribution in [-0.4, -0.2) is 100.0 Å². The van der Waals surface area contributed by atoms with E-state index in [1.54, 1.807) is 0 Å². The summed E-state index contributed by atoms with van der Waals surface area (Å²) in [6.45, 7) is -1.55. The van der Waals surface area contributed by atoms with Gasteiger partial charge in [-0.15, -0.1) is 0 Å².